The molecule has 0 saturated heterocycles. The number of alkyl halides is 6. The number of hydrogen-bond donors (Lipinski definition) is 2. The molecule has 15 heteroatoms. The zero-order valence-corrected chi connectivity index (χ0v) is 20.2. The van der Waals surface area contributed by atoms with E-state index in [1.165, 1.54) is 0 Å². The van der Waals surface area contributed by atoms with Crippen LogP contribution in [0.5, 0.6) is 5.75 Å². The summed E-state index contributed by atoms with van der Waals surface area (Å²) in [6.07, 6.45) is -11.5. The minimum Gasteiger partial charge on any atom is -0.490 e. The molecule has 39 heavy (non-hydrogen) atoms. The maximum atomic E-state index is 12.1. The second-order valence-electron chi connectivity index (χ2n) is 7.78. The molecule has 0 atom stereocenters. The third kappa shape index (κ3) is 9.12. The Morgan fingerprint density at radius 2 is 1.54 bits per heavy atom. The lowest BCUT2D eigenvalue weighted by Crippen LogP contribution is -2.39. The second-order valence-corrected chi connectivity index (χ2v) is 7.78. The van der Waals surface area contributed by atoms with Crippen LogP contribution in [0.2, 0.25) is 0 Å². The maximum Gasteiger partial charge on any atom is 0.458 e. The predicted octanol–water partition coefficient (Wildman–Crippen LogP) is 3.15. The first-order valence-electron chi connectivity index (χ1n) is 10.9. The van der Waals surface area contributed by atoms with Crippen molar-refractivity contribution < 1.29 is 50.2 Å². The largest absolute Gasteiger partial charge is 0.490 e. The quantitative estimate of drug-likeness (QED) is 0.127. The van der Waals surface area contributed by atoms with Crippen molar-refractivity contribution in [2.45, 2.75) is 12.4 Å². The lowest BCUT2D eigenvalue weighted by atomic mass is 10.1. The van der Waals surface area contributed by atoms with E-state index in [-0.39, 0.29) is 19.0 Å². The number of hydrogen-bond acceptors (Lipinski definition) is 8. The number of carbonyl (C=O) groups is 3. The van der Waals surface area contributed by atoms with E-state index >= 15 is 0 Å². The van der Waals surface area contributed by atoms with Crippen LogP contribution >= 0.6 is 0 Å². The zero-order chi connectivity index (χ0) is 29.4. The van der Waals surface area contributed by atoms with Gasteiger partial charge in [0.15, 0.2) is 0 Å². The average Bonchev–Trinajstić information content (AvgIpc) is 3.30. The molecule has 2 aromatic carbocycles. The number of nitrogen functional groups attached to an aromatic ring is 1. The van der Waals surface area contributed by atoms with Crippen molar-refractivity contribution in [3.05, 3.63) is 65.2 Å². The van der Waals surface area contributed by atoms with E-state index in [0.717, 1.165) is 24.5 Å². The van der Waals surface area contributed by atoms with Crippen LogP contribution in [0.25, 0.3) is 0 Å². The number of likely N-dealkylation sites (N-methyl/N-ethyl adjacent to an activating group) is 1. The average molecular weight is 560 g/mol. The zero-order valence-electron chi connectivity index (χ0n) is 20.2. The van der Waals surface area contributed by atoms with Crippen LogP contribution in [0.4, 0.5) is 26.3 Å². The van der Waals surface area contributed by atoms with Gasteiger partial charge in [0.2, 0.25) is 0 Å². The van der Waals surface area contributed by atoms with Gasteiger partial charge in [-0.3, -0.25) is 20.0 Å². The van der Waals surface area contributed by atoms with Gasteiger partial charge in [-0.1, -0.05) is 24.3 Å². The van der Waals surface area contributed by atoms with Gasteiger partial charge in [0.25, 0.3) is 0 Å². The highest BCUT2D eigenvalue weighted by atomic mass is 19.4. The van der Waals surface area contributed by atoms with Crippen LogP contribution < -0.4 is 10.5 Å². The second kappa shape index (κ2) is 12.9. The number of carbonyl (C=O) groups excluding carboxylic acids is 3. The van der Waals surface area contributed by atoms with Crippen LogP contribution in [-0.4, -0.2) is 79.8 Å². The number of rotatable bonds is 8. The normalized spacial score (nSPS) is 13.1. The Hall–Kier alpha value is -4.43. The first-order chi connectivity index (χ1) is 18.1. The van der Waals surface area contributed by atoms with Gasteiger partial charge in [0.1, 0.15) is 30.6 Å². The molecular formula is C24H22F6N4O5. The number of amidine groups is 2. The van der Waals surface area contributed by atoms with Crippen molar-refractivity contribution in [1.29, 1.82) is 5.41 Å². The number of halogens is 6. The van der Waals surface area contributed by atoms with Gasteiger partial charge >= 0.3 is 29.9 Å². The van der Waals surface area contributed by atoms with Crippen LogP contribution in [0, 0.1) is 5.41 Å². The molecule has 0 saturated carbocycles. The first kappa shape index (κ1) is 30.8. The minimum absolute atomic E-state index is 0.0231. The fourth-order valence-electron chi connectivity index (χ4n) is 2.99. The Bertz CT molecular complexity index is 1220. The van der Waals surface area contributed by atoms with Gasteiger partial charge in [-0.2, -0.15) is 26.3 Å². The maximum absolute atomic E-state index is 12.1. The van der Waals surface area contributed by atoms with Crippen LogP contribution in [0.3, 0.4) is 0 Å². The highest BCUT2D eigenvalue weighted by molar-refractivity contribution is 6.41. The Labute approximate surface area is 217 Å². The summed E-state index contributed by atoms with van der Waals surface area (Å²) in [6.45, 7) is 2.05. The number of nitrogens with one attached hydrogen (secondary N) is 1. The van der Waals surface area contributed by atoms with E-state index in [0.29, 0.717) is 16.9 Å². The molecule has 210 valence electrons. The molecule has 0 bridgehead atoms. The van der Waals surface area contributed by atoms with E-state index in [2.05, 4.69) is 9.89 Å². The van der Waals surface area contributed by atoms with Crippen molar-refractivity contribution in [2.24, 2.45) is 10.7 Å². The number of esters is 1. The summed E-state index contributed by atoms with van der Waals surface area (Å²) < 4.78 is 77.7. The lowest BCUT2D eigenvalue weighted by molar-refractivity contribution is -0.193. The van der Waals surface area contributed by atoms with Crippen molar-refractivity contribution in [3.63, 3.8) is 0 Å². The van der Waals surface area contributed by atoms with Gasteiger partial charge in [0, 0.05) is 24.7 Å². The highest BCUT2D eigenvalue weighted by Crippen LogP contribution is 2.24. The molecule has 0 aliphatic carbocycles. The van der Waals surface area contributed by atoms with Gasteiger partial charge in [0.05, 0.1) is 12.1 Å². The first-order valence-corrected chi connectivity index (χ1v) is 10.9. The molecule has 0 fully saturated rings. The summed E-state index contributed by atoms with van der Waals surface area (Å²) in [5, 5.41) is 7.42. The summed E-state index contributed by atoms with van der Waals surface area (Å²) >= 11 is 0. The number of nitrogens with zero attached hydrogens (tertiary/aromatic N) is 2. The Morgan fingerprint density at radius 3 is 2.03 bits per heavy atom. The SMILES string of the molecule is CN1CCN=C1c1ccc(C(=O)OCCOc2cccc(C(=N)N)c2)cc1.O=C(C(=O)C(F)(F)F)C(F)(F)F. The fraction of sp³-hybridized carbons (Fsp3) is 0.292. The molecule has 3 rings (SSSR count). The third-order valence-corrected chi connectivity index (χ3v) is 4.89. The van der Waals surface area contributed by atoms with E-state index in [4.69, 9.17) is 20.6 Å². The summed E-state index contributed by atoms with van der Waals surface area (Å²) in [4.78, 5) is 37.9. The molecule has 1 aliphatic rings. The Kier molecular flexibility index (Phi) is 10.2. The summed E-state index contributed by atoms with van der Waals surface area (Å²) in [7, 11) is 2.00. The van der Waals surface area contributed by atoms with E-state index in [9.17, 15) is 40.7 Å². The minimum atomic E-state index is -5.77. The molecule has 1 aliphatic heterocycles. The van der Waals surface area contributed by atoms with E-state index in [1.54, 1.807) is 36.4 Å². The molecule has 0 unspecified atom stereocenters. The van der Waals surface area contributed by atoms with Gasteiger partial charge < -0.3 is 20.1 Å². The number of Topliss-reactive ketones (excluding diaryl/α,β-unsaturated/α-hetero) is 2. The summed E-state index contributed by atoms with van der Waals surface area (Å²) in [6, 6.07) is 14.1. The van der Waals surface area contributed by atoms with Crippen LogP contribution in [0.15, 0.2) is 53.5 Å². The molecule has 0 aromatic heterocycles. The van der Waals surface area contributed by atoms with E-state index < -0.39 is 29.9 Å². The smallest absolute Gasteiger partial charge is 0.458 e. The molecule has 2 aromatic rings. The molecule has 0 spiro atoms. The van der Waals surface area contributed by atoms with E-state index in [1.807, 2.05) is 19.2 Å². The highest BCUT2D eigenvalue weighted by Gasteiger charge is 2.54. The van der Waals surface area contributed by atoms with Crippen molar-refractivity contribution in [1.82, 2.24) is 4.90 Å². The number of aliphatic imine (C=N–C) groups is 1. The van der Waals surface area contributed by atoms with Crippen LogP contribution in [-0.2, 0) is 14.3 Å². The molecule has 0 amide bonds. The van der Waals surface area contributed by atoms with Crippen molar-refractivity contribution in [3.8, 4) is 5.75 Å². The predicted molar refractivity (Wildman–Crippen MR) is 126 cm³/mol. The van der Waals surface area contributed by atoms with Crippen LogP contribution in [0.1, 0.15) is 21.5 Å². The molecule has 0 radical (unpaired) electrons. The Morgan fingerprint density at radius 1 is 0.949 bits per heavy atom. The molecular weight excluding hydrogens is 538 g/mol. The standard InChI is InChI=1S/C20H22N4O3.C4F6O2/c1-24-10-9-23-19(24)14-5-7-15(8-6-14)20(25)27-12-11-26-17-4-2-3-16(13-17)18(21)22;5-3(6,7)1(11)2(12)4(8,9)10/h2-8,13H,9-12H2,1H3,(H3,21,22);. The van der Waals surface area contributed by atoms with Crippen molar-refractivity contribution in [2.75, 3.05) is 33.4 Å². The molecule has 9 nitrogen and oxygen atoms in total. The lowest BCUT2D eigenvalue weighted by Gasteiger charge is -2.14. The number of nitrogens with two attached hydrogens (primary N) is 1. The van der Waals surface area contributed by atoms with Gasteiger partial charge in [-0.25, -0.2) is 4.79 Å². The number of ether oxygens (including phenoxy) is 2. The third-order valence-electron chi connectivity index (χ3n) is 4.89. The Balaban J connectivity index is 0.000000377. The summed E-state index contributed by atoms with van der Waals surface area (Å²) in [5.74, 6) is -5.72. The topological polar surface area (TPSA) is 135 Å². The molecule has 3 N–H and O–H groups in total. The summed E-state index contributed by atoms with van der Waals surface area (Å²) in [5.41, 5.74) is 7.50. The van der Waals surface area contributed by atoms with Gasteiger partial charge in [-0.05, 0) is 24.3 Å². The monoisotopic (exact) mass is 560 g/mol. The molecule has 1 heterocycles. The number of ketones is 2. The van der Waals surface area contributed by atoms with Crippen molar-refractivity contribution >= 4 is 29.2 Å². The number of benzene rings is 2. The van der Waals surface area contributed by atoms with Gasteiger partial charge in [-0.15, -0.1) is 0 Å². The fourth-order valence-corrected chi connectivity index (χ4v) is 2.99.